The number of methoxy groups -OCH3 is 1. The smallest absolute Gasteiger partial charge is 0.459 e. The fourth-order valence-corrected chi connectivity index (χ4v) is 6.77. The van der Waals surface area contributed by atoms with E-state index in [1.165, 1.54) is 11.9 Å². The molecular formula is C28H43ClN7O7PS. The van der Waals surface area contributed by atoms with Crippen LogP contribution in [0.1, 0.15) is 46.1 Å². The molecule has 250 valence electrons. The fraction of sp³-hybridized carbons (Fsp3) is 0.536. The van der Waals surface area contributed by atoms with Gasteiger partial charge in [0.15, 0.2) is 5.82 Å². The summed E-state index contributed by atoms with van der Waals surface area (Å²) in [5.74, 6) is 0.558. The molecule has 0 amide bonds. The zero-order valence-corrected chi connectivity index (χ0v) is 29.0. The van der Waals surface area contributed by atoms with E-state index in [4.69, 9.17) is 41.0 Å². The lowest BCUT2D eigenvalue weighted by Gasteiger charge is -2.27. The van der Waals surface area contributed by atoms with Gasteiger partial charge in [0.1, 0.15) is 16.9 Å². The van der Waals surface area contributed by atoms with E-state index < -0.39 is 25.4 Å². The number of aromatic nitrogens is 3. The molecular weight excluding hydrogens is 645 g/mol. The number of rotatable bonds is 16. The van der Waals surface area contributed by atoms with Crippen LogP contribution in [-0.2, 0) is 23.4 Å². The van der Waals surface area contributed by atoms with E-state index >= 15 is 0 Å². The third kappa shape index (κ3) is 9.69. The highest BCUT2D eigenvalue weighted by atomic mass is 35.5. The second-order valence-corrected chi connectivity index (χ2v) is 13.3. The van der Waals surface area contributed by atoms with E-state index in [0.717, 1.165) is 12.5 Å². The van der Waals surface area contributed by atoms with Gasteiger partial charge in [0.05, 0.1) is 24.2 Å². The Labute approximate surface area is 273 Å². The molecule has 0 aliphatic heterocycles. The predicted octanol–water partition coefficient (Wildman–Crippen LogP) is 4.74. The summed E-state index contributed by atoms with van der Waals surface area (Å²) in [7, 11) is 0.317. The van der Waals surface area contributed by atoms with Gasteiger partial charge in [-0.05, 0) is 76.6 Å². The zero-order chi connectivity index (χ0) is 33.4. The van der Waals surface area contributed by atoms with Crippen LogP contribution in [0.4, 0.5) is 11.8 Å². The van der Waals surface area contributed by atoms with E-state index in [1.54, 1.807) is 50.2 Å². The maximum absolute atomic E-state index is 14.1. The predicted molar refractivity (Wildman–Crippen MR) is 177 cm³/mol. The number of carbonyl (C=O) groups excluding carboxylic acids is 1. The first-order valence-corrected chi connectivity index (χ1v) is 17.4. The van der Waals surface area contributed by atoms with Crippen molar-refractivity contribution < 1.29 is 33.0 Å². The van der Waals surface area contributed by atoms with E-state index in [1.807, 2.05) is 37.1 Å². The lowest BCUT2D eigenvalue weighted by Crippen LogP contribution is -2.41. The van der Waals surface area contributed by atoms with E-state index in [-0.39, 0.29) is 30.5 Å². The number of halogens is 1. The van der Waals surface area contributed by atoms with Gasteiger partial charge in [-0.25, -0.2) is 4.57 Å². The van der Waals surface area contributed by atoms with Gasteiger partial charge < -0.3 is 29.4 Å². The first kappa shape index (κ1) is 36.8. The largest absolute Gasteiger partial charge is 0.462 e. The molecule has 5 N–H and O–H groups in total. The van der Waals surface area contributed by atoms with Crippen LogP contribution >= 0.6 is 31.3 Å². The van der Waals surface area contributed by atoms with Crippen molar-refractivity contribution >= 4 is 60.1 Å². The van der Waals surface area contributed by atoms with Crippen molar-refractivity contribution in [1.29, 1.82) is 0 Å². The highest BCUT2D eigenvalue weighted by Gasteiger charge is 2.56. The Bertz CT molecular complexity index is 1460. The van der Waals surface area contributed by atoms with Crippen LogP contribution in [0.3, 0.4) is 0 Å². The van der Waals surface area contributed by atoms with Crippen molar-refractivity contribution in [2.45, 2.75) is 63.8 Å². The van der Waals surface area contributed by atoms with Crippen LogP contribution in [0.5, 0.6) is 5.75 Å². The molecule has 0 spiro atoms. The lowest BCUT2D eigenvalue weighted by molar-refractivity contribution is -0.150. The normalized spacial score (nSPS) is 16.3. The average Bonchev–Trinajstić information content (AvgIpc) is 3.65. The third-order valence-electron chi connectivity index (χ3n) is 6.83. The number of carbonyl (C=O) groups is 1. The van der Waals surface area contributed by atoms with Gasteiger partial charge in [0, 0.05) is 38.5 Å². The minimum Gasteiger partial charge on any atom is -0.462 e. The number of nitrogens with two attached hydrogens (primary N) is 1. The number of fused-ring (bicyclic) bond motifs is 1. The number of aliphatic hydroxyl groups excluding tert-OH is 1. The van der Waals surface area contributed by atoms with Crippen molar-refractivity contribution in [3.05, 3.63) is 41.6 Å². The number of nitrogen functional groups attached to an aromatic ring is 1. The molecule has 3 atom stereocenters. The van der Waals surface area contributed by atoms with E-state index in [0.29, 0.717) is 35.8 Å². The van der Waals surface area contributed by atoms with Crippen LogP contribution in [0, 0.1) is 0 Å². The quantitative estimate of drug-likeness (QED) is 0.0703. The molecule has 17 heteroatoms. The zero-order valence-electron chi connectivity index (χ0n) is 26.5. The molecule has 2 heterocycles. The fourth-order valence-electron chi connectivity index (χ4n) is 4.52. The van der Waals surface area contributed by atoms with Crippen molar-refractivity contribution in [1.82, 2.24) is 24.5 Å². The molecule has 45 heavy (non-hydrogen) atoms. The number of esters is 1. The number of nitrogens with one attached hydrogen (secondary N) is 2. The molecule has 3 aromatic rings. The summed E-state index contributed by atoms with van der Waals surface area (Å²) in [4.78, 5) is 24.8. The molecule has 0 radical (unpaired) electrons. The molecule has 0 saturated heterocycles. The van der Waals surface area contributed by atoms with Gasteiger partial charge in [-0.1, -0.05) is 23.5 Å². The van der Waals surface area contributed by atoms with Crippen LogP contribution in [-0.4, -0.2) is 77.5 Å². The molecule has 3 unspecified atom stereocenters. The molecule has 2 aromatic heterocycles. The summed E-state index contributed by atoms with van der Waals surface area (Å²) in [6, 6.07) is 8.19. The van der Waals surface area contributed by atoms with Gasteiger partial charge in [-0.2, -0.15) is 19.9 Å². The lowest BCUT2D eigenvalue weighted by atomic mass is 10.1. The number of anilines is 2. The SMILES string of the molecule is CO.COC(COP(=O)(NC1(C(=O)OC(C)C)CC1)Oc1ccc(Cl)cc1)CC(C)n1ccc2c(N(C)NSC)nc(N)nc21. The Kier molecular flexibility index (Phi) is 13.3. The maximum Gasteiger partial charge on any atom is 0.459 e. The van der Waals surface area contributed by atoms with Crippen molar-refractivity contribution in [2.75, 3.05) is 44.9 Å². The topological polar surface area (TPSA) is 175 Å². The minimum atomic E-state index is -4.09. The molecule has 4 rings (SSSR count). The molecule has 14 nitrogen and oxygen atoms in total. The molecule has 1 fully saturated rings. The van der Waals surface area contributed by atoms with Gasteiger partial charge in [0.25, 0.3) is 0 Å². The summed E-state index contributed by atoms with van der Waals surface area (Å²) in [5, 5.41) is 13.0. The first-order valence-electron chi connectivity index (χ1n) is 14.2. The summed E-state index contributed by atoms with van der Waals surface area (Å²) < 4.78 is 39.0. The number of hydrogen-bond acceptors (Lipinski definition) is 13. The van der Waals surface area contributed by atoms with E-state index in [2.05, 4.69) is 19.9 Å². The van der Waals surface area contributed by atoms with Crippen LogP contribution in [0.25, 0.3) is 11.0 Å². The van der Waals surface area contributed by atoms with Gasteiger partial charge in [0.2, 0.25) is 5.95 Å². The van der Waals surface area contributed by atoms with Crippen molar-refractivity contribution in [2.24, 2.45) is 0 Å². The Morgan fingerprint density at radius 3 is 2.47 bits per heavy atom. The molecule has 1 aliphatic rings. The highest BCUT2D eigenvalue weighted by Crippen LogP contribution is 2.52. The van der Waals surface area contributed by atoms with Crippen molar-refractivity contribution in [3.63, 3.8) is 0 Å². The number of benzene rings is 1. The molecule has 1 aromatic carbocycles. The second-order valence-electron chi connectivity index (χ2n) is 10.6. The molecule has 0 bridgehead atoms. The Balaban J connectivity index is 0.00000271. The maximum atomic E-state index is 14.1. The van der Waals surface area contributed by atoms with Gasteiger partial charge in [-0.15, -0.1) is 0 Å². The number of hydrazine groups is 1. The Hall–Kier alpha value is -2.62. The van der Waals surface area contributed by atoms with Crippen molar-refractivity contribution in [3.8, 4) is 5.75 Å². The van der Waals surface area contributed by atoms with Gasteiger partial charge >= 0.3 is 13.7 Å². The number of ether oxygens (including phenoxy) is 2. The average molecular weight is 688 g/mol. The van der Waals surface area contributed by atoms with Crippen LogP contribution < -0.4 is 25.2 Å². The van der Waals surface area contributed by atoms with Crippen LogP contribution in [0.2, 0.25) is 5.02 Å². The van der Waals surface area contributed by atoms with Crippen LogP contribution in [0.15, 0.2) is 36.5 Å². The van der Waals surface area contributed by atoms with E-state index in [9.17, 15) is 9.36 Å². The summed E-state index contributed by atoms with van der Waals surface area (Å²) >= 11 is 7.44. The monoisotopic (exact) mass is 687 g/mol. The summed E-state index contributed by atoms with van der Waals surface area (Å²) in [5.41, 5.74) is 5.57. The summed E-state index contributed by atoms with van der Waals surface area (Å²) in [6.07, 6.45) is 4.36. The summed E-state index contributed by atoms with van der Waals surface area (Å²) in [6.45, 7) is 5.44. The first-order chi connectivity index (χ1) is 21.4. The second kappa shape index (κ2) is 16.3. The number of aliphatic hydroxyl groups is 1. The standard InChI is InChI=1S/C27H39ClN7O6PS.CH4O/c1-17(2)40-25(36)27(12-13-27)32-42(37,41-20-9-7-19(28)8-10-20)39-16-21(38-5)15-18(3)35-14-11-22-23(34(4)33-43-6)30-26(29)31-24(22)35;1-2/h7-11,14,17-18,21,33H,12-13,15-16H2,1-6H3,(H,32,37)(H2,29,30,31);2H,1H3. The number of nitrogens with zero attached hydrogens (tertiary/aromatic N) is 4. The molecule has 1 aliphatic carbocycles. The highest BCUT2D eigenvalue weighted by molar-refractivity contribution is 7.96. The Morgan fingerprint density at radius 2 is 1.89 bits per heavy atom. The third-order valence-corrected chi connectivity index (χ3v) is 9.18. The van der Waals surface area contributed by atoms with Gasteiger partial charge in [-0.3, -0.25) is 14.3 Å². The minimum absolute atomic E-state index is 0.0873. The number of hydrogen-bond donors (Lipinski definition) is 4. The Morgan fingerprint density at radius 1 is 1.22 bits per heavy atom. The molecule has 1 saturated carbocycles.